The highest BCUT2D eigenvalue weighted by molar-refractivity contribution is 14.1. The van der Waals surface area contributed by atoms with E-state index in [1.807, 2.05) is 25.1 Å². The van der Waals surface area contributed by atoms with Crippen LogP contribution < -0.4 is 0 Å². The standard InChI is InChI=1S/C16H12FIO2S/c1-2-21(19)16-13-9-12(18)7-8-14(13)20-15(16)10-3-5-11(17)6-4-10/h3-9H,2H2,1H3/t21-/m1/s1. The van der Waals surface area contributed by atoms with Gasteiger partial charge in [-0.05, 0) is 65.1 Å². The van der Waals surface area contributed by atoms with E-state index in [4.69, 9.17) is 4.42 Å². The third-order valence-corrected chi connectivity index (χ3v) is 5.26. The van der Waals surface area contributed by atoms with Crippen molar-refractivity contribution in [1.29, 1.82) is 0 Å². The van der Waals surface area contributed by atoms with Gasteiger partial charge in [0.15, 0.2) is 5.76 Å². The third kappa shape index (κ3) is 2.76. The molecule has 0 aliphatic heterocycles. The molecule has 0 aliphatic carbocycles. The highest BCUT2D eigenvalue weighted by Gasteiger charge is 2.20. The maximum atomic E-state index is 13.1. The highest BCUT2D eigenvalue weighted by Crippen LogP contribution is 2.36. The van der Waals surface area contributed by atoms with Crippen LogP contribution in [0.1, 0.15) is 6.92 Å². The average Bonchev–Trinajstić information content (AvgIpc) is 2.85. The Bertz CT molecular complexity index is 824. The topological polar surface area (TPSA) is 30.2 Å². The van der Waals surface area contributed by atoms with E-state index in [1.54, 1.807) is 12.1 Å². The zero-order valence-electron chi connectivity index (χ0n) is 11.2. The Morgan fingerprint density at radius 1 is 1.19 bits per heavy atom. The fourth-order valence-electron chi connectivity index (χ4n) is 2.21. The molecule has 1 aromatic heterocycles. The lowest BCUT2D eigenvalue weighted by atomic mass is 10.1. The first-order valence-electron chi connectivity index (χ1n) is 6.46. The Balaban J connectivity index is 2.30. The zero-order chi connectivity index (χ0) is 15.0. The minimum atomic E-state index is -1.15. The second-order valence-corrected chi connectivity index (χ2v) is 7.46. The normalized spacial score (nSPS) is 12.7. The van der Waals surface area contributed by atoms with Gasteiger partial charge in [0.25, 0.3) is 0 Å². The third-order valence-electron chi connectivity index (χ3n) is 3.20. The molecule has 0 bridgehead atoms. The van der Waals surface area contributed by atoms with Crippen LogP contribution in [-0.2, 0) is 10.8 Å². The maximum Gasteiger partial charge on any atom is 0.151 e. The van der Waals surface area contributed by atoms with Gasteiger partial charge in [-0.2, -0.15) is 0 Å². The Labute approximate surface area is 137 Å². The van der Waals surface area contributed by atoms with Crippen LogP contribution in [0.15, 0.2) is 51.8 Å². The molecule has 0 saturated carbocycles. The number of furan rings is 1. The van der Waals surface area contributed by atoms with Crippen molar-refractivity contribution in [3.8, 4) is 11.3 Å². The molecule has 0 aliphatic rings. The number of benzene rings is 2. The Morgan fingerprint density at radius 3 is 2.57 bits per heavy atom. The molecule has 3 aromatic rings. The van der Waals surface area contributed by atoms with Crippen LogP contribution in [0.3, 0.4) is 0 Å². The second-order valence-electron chi connectivity index (χ2n) is 4.54. The van der Waals surface area contributed by atoms with Gasteiger partial charge in [-0.3, -0.25) is 4.21 Å². The van der Waals surface area contributed by atoms with Gasteiger partial charge < -0.3 is 4.42 Å². The smallest absolute Gasteiger partial charge is 0.151 e. The number of hydrogen-bond acceptors (Lipinski definition) is 2. The Kier molecular flexibility index (Phi) is 4.12. The van der Waals surface area contributed by atoms with Crippen LogP contribution in [0.5, 0.6) is 0 Å². The molecule has 2 aromatic carbocycles. The van der Waals surface area contributed by atoms with Crippen LogP contribution in [0.2, 0.25) is 0 Å². The van der Waals surface area contributed by atoms with E-state index < -0.39 is 10.8 Å². The van der Waals surface area contributed by atoms with E-state index in [0.29, 0.717) is 22.0 Å². The minimum absolute atomic E-state index is 0.303. The molecule has 0 fully saturated rings. The van der Waals surface area contributed by atoms with Crippen LogP contribution in [0.25, 0.3) is 22.3 Å². The first-order chi connectivity index (χ1) is 10.1. The van der Waals surface area contributed by atoms with Crippen molar-refractivity contribution in [3.63, 3.8) is 0 Å². The van der Waals surface area contributed by atoms with Crippen molar-refractivity contribution in [3.05, 3.63) is 51.9 Å². The van der Waals surface area contributed by atoms with Gasteiger partial charge in [0, 0.05) is 20.3 Å². The summed E-state index contributed by atoms with van der Waals surface area (Å²) in [6, 6.07) is 11.8. The molecule has 0 saturated heterocycles. The molecule has 0 amide bonds. The molecular weight excluding hydrogens is 402 g/mol. The molecule has 108 valence electrons. The van der Waals surface area contributed by atoms with E-state index >= 15 is 0 Å². The van der Waals surface area contributed by atoms with Crippen LogP contribution in [0.4, 0.5) is 4.39 Å². The molecule has 1 heterocycles. The van der Waals surface area contributed by atoms with Crippen molar-refractivity contribution in [1.82, 2.24) is 0 Å². The van der Waals surface area contributed by atoms with Gasteiger partial charge in [0.2, 0.25) is 0 Å². The fraction of sp³-hybridized carbons (Fsp3) is 0.125. The minimum Gasteiger partial charge on any atom is -0.455 e. The molecule has 0 spiro atoms. The lowest BCUT2D eigenvalue weighted by molar-refractivity contribution is 0.618. The van der Waals surface area contributed by atoms with Gasteiger partial charge >= 0.3 is 0 Å². The molecule has 0 radical (unpaired) electrons. The van der Waals surface area contributed by atoms with Crippen molar-refractivity contribution < 1.29 is 13.0 Å². The highest BCUT2D eigenvalue weighted by atomic mass is 127. The quantitative estimate of drug-likeness (QED) is 0.567. The first kappa shape index (κ1) is 14.7. The molecular formula is C16H12FIO2S. The van der Waals surface area contributed by atoms with Crippen molar-refractivity contribution >= 4 is 44.4 Å². The second kappa shape index (κ2) is 5.88. The SMILES string of the molecule is CC[S@@](=O)c1c(-c2ccc(F)cc2)oc2ccc(I)cc12. The lowest BCUT2D eigenvalue weighted by Crippen LogP contribution is -1.95. The lowest BCUT2D eigenvalue weighted by Gasteiger charge is -2.02. The molecule has 1 atom stereocenters. The van der Waals surface area contributed by atoms with Crippen molar-refractivity contribution in [2.45, 2.75) is 11.8 Å². The number of halogens is 2. The zero-order valence-corrected chi connectivity index (χ0v) is 14.2. The summed E-state index contributed by atoms with van der Waals surface area (Å²) in [6.45, 7) is 1.87. The van der Waals surface area contributed by atoms with Gasteiger partial charge in [-0.1, -0.05) is 6.92 Å². The van der Waals surface area contributed by atoms with Gasteiger partial charge in [-0.15, -0.1) is 0 Å². The Morgan fingerprint density at radius 2 is 1.90 bits per heavy atom. The summed E-state index contributed by atoms with van der Waals surface area (Å²) in [4.78, 5) is 0.692. The molecule has 3 rings (SSSR count). The predicted octanol–water partition coefficient (Wildman–Crippen LogP) is 4.97. The summed E-state index contributed by atoms with van der Waals surface area (Å²) in [5.41, 5.74) is 1.44. The largest absolute Gasteiger partial charge is 0.455 e. The summed E-state index contributed by atoms with van der Waals surface area (Å²) in [7, 11) is -1.15. The van der Waals surface area contributed by atoms with Gasteiger partial charge in [-0.25, -0.2) is 4.39 Å². The average molecular weight is 414 g/mol. The van der Waals surface area contributed by atoms with E-state index in [1.165, 1.54) is 12.1 Å². The summed E-state index contributed by atoms with van der Waals surface area (Å²) in [5.74, 6) is 0.767. The van der Waals surface area contributed by atoms with Crippen molar-refractivity contribution in [2.75, 3.05) is 5.75 Å². The predicted molar refractivity (Wildman–Crippen MR) is 91.3 cm³/mol. The monoisotopic (exact) mass is 414 g/mol. The molecule has 21 heavy (non-hydrogen) atoms. The van der Waals surface area contributed by atoms with Crippen LogP contribution in [0, 0.1) is 9.39 Å². The first-order valence-corrected chi connectivity index (χ1v) is 8.86. The summed E-state index contributed by atoms with van der Waals surface area (Å²) < 4.78 is 32.5. The fourth-order valence-corrected chi connectivity index (χ4v) is 3.76. The summed E-state index contributed by atoms with van der Waals surface area (Å²) in [5, 5.41) is 0.862. The van der Waals surface area contributed by atoms with E-state index in [9.17, 15) is 8.60 Å². The van der Waals surface area contributed by atoms with Crippen LogP contribution in [-0.4, -0.2) is 9.96 Å². The summed E-state index contributed by atoms with van der Waals surface area (Å²) >= 11 is 2.22. The maximum absolute atomic E-state index is 13.1. The van der Waals surface area contributed by atoms with Gasteiger partial charge in [0.1, 0.15) is 11.4 Å². The molecule has 5 heteroatoms. The Hall–Kier alpha value is -1.21. The van der Waals surface area contributed by atoms with E-state index in [0.717, 1.165) is 14.5 Å². The number of rotatable bonds is 3. The van der Waals surface area contributed by atoms with E-state index in [-0.39, 0.29) is 5.82 Å². The molecule has 2 nitrogen and oxygen atoms in total. The van der Waals surface area contributed by atoms with Crippen molar-refractivity contribution in [2.24, 2.45) is 0 Å². The van der Waals surface area contributed by atoms with Gasteiger partial charge in [0.05, 0.1) is 15.7 Å². The van der Waals surface area contributed by atoms with E-state index in [2.05, 4.69) is 22.6 Å². The van der Waals surface area contributed by atoms with Crippen LogP contribution >= 0.6 is 22.6 Å². The number of fused-ring (bicyclic) bond motifs is 1. The molecule has 0 N–H and O–H groups in total. The summed E-state index contributed by atoms with van der Waals surface area (Å²) in [6.07, 6.45) is 0. The molecule has 0 unspecified atom stereocenters. The number of hydrogen-bond donors (Lipinski definition) is 0.